The van der Waals surface area contributed by atoms with Crippen molar-refractivity contribution in [2.24, 2.45) is 0 Å². The van der Waals surface area contributed by atoms with Gasteiger partial charge in [0.1, 0.15) is 0 Å². The molecule has 0 aliphatic rings. The molecular weight excluding hydrogens is 165 g/mol. The molecule has 0 heterocycles. The van der Waals surface area contributed by atoms with Gasteiger partial charge in [-0.25, -0.2) is 0 Å². The highest BCUT2D eigenvalue weighted by atomic mass is 19.4. The van der Waals surface area contributed by atoms with Gasteiger partial charge in [-0.05, 0) is 25.5 Å². The lowest BCUT2D eigenvalue weighted by atomic mass is 10.1. The van der Waals surface area contributed by atoms with Crippen LogP contribution in [0.1, 0.15) is 16.7 Å². The van der Waals surface area contributed by atoms with Crippen LogP contribution in [0.4, 0.5) is 13.2 Å². The highest BCUT2D eigenvalue weighted by molar-refractivity contribution is 5.35. The summed E-state index contributed by atoms with van der Waals surface area (Å²) in [5.74, 6) is 0. The van der Waals surface area contributed by atoms with Crippen LogP contribution in [0.25, 0.3) is 0 Å². The van der Waals surface area contributed by atoms with Crippen molar-refractivity contribution in [1.82, 2.24) is 0 Å². The summed E-state index contributed by atoms with van der Waals surface area (Å²) in [7, 11) is 0. The van der Waals surface area contributed by atoms with E-state index >= 15 is 0 Å². The third-order valence-corrected chi connectivity index (χ3v) is 1.57. The number of benzene rings is 1. The SMILES string of the molecule is [CH2]c1cc(C)ccc1C(F)(F)F. The van der Waals surface area contributed by atoms with Crippen molar-refractivity contribution >= 4 is 0 Å². The van der Waals surface area contributed by atoms with Crippen molar-refractivity contribution in [3.8, 4) is 0 Å². The Morgan fingerprint density at radius 2 is 1.83 bits per heavy atom. The van der Waals surface area contributed by atoms with Crippen LogP contribution in [0.15, 0.2) is 18.2 Å². The van der Waals surface area contributed by atoms with E-state index in [0.717, 1.165) is 11.6 Å². The maximum Gasteiger partial charge on any atom is 0.416 e. The first-order valence-corrected chi connectivity index (χ1v) is 3.41. The Labute approximate surface area is 69.0 Å². The fourth-order valence-corrected chi connectivity index (χ4v) is 0.999. The second kappa shape index (κ2) is 2.81. The second-order valence-corrected chi connectivity index (χ2v) is 2.66. The number of hydrogen-bond acceptors (Lipinski definition) is 0. The summed E-state index contributed by atoms with van der Waals surface area (Å²) in [5, 5.41) is 0. The van der Waals surface area contributed by atoms with Gasteiger partial charge in [0.2, 0.25) is 0 Å². The van der Waals surface area contributed by atoms with Crippen LogP contribution in [-0.2, 0) is 6.18 Å². The molecule has 0 fully saturated rings. The molecule has 0 aliphatic heterocycles. The first kappa shape index (κ1) is 9.10. The Balaban J connectivity index is 3.19. The minimum Gasteiger partial charge on any atom is -0.166 e. The molecule has 1 aromatic carbocycles. The summed E-state index contributed by atoms with van der Waals surface area (Å²) in [6.07, 6.45) is -4.29. The van der Waals surface area contributed by atoms with Gasteiger partial charge in [0.25, 0.3) is 0 Å². The number of aryl methyl sites for hydroxylation is 1. The van der Waals surface area contributed by atoms with Crippen LogP contribution in [0.5, 0.6) is 0 Å². The normalized spacial score (nSPS) is 11.8. The maximum atomic E-state index is 12.1. The standard InChI is InChI=1S/C9H8F3/c1-6-3-4-8(7(2)5-6)9(10,11)12/h3-5H,2H2,1H3. The second-order valence-electron chi connectivity index (χ2n) is 2.66. The van der Waals surface area contributed by atoms with Gasteiger partial charge < -0.3 is 0 Å². The van der Waals surface area contributed by atoms with Crippen LogP contribution >= 0.6 is 0 Å². The van der Waals surface area contributed by atoms with E-state index in [0.29, 0.717) is 0 Å². The Morgan fingerprint density at radius 3 is 2.25 bits per heavy atom. The van der Waals surface area contributed by atoms with E-state index in [9.17, 15) is 13.2 Å². The van der Waals surface area contributed by atoms with Crippen LogP contribution in [0, 0.1) is 13.8 Å². The van der Waals surface area contributed by atoms with Crippen molar-refractivity contribution in [3.63, 3.8) is 0 Å². The first-order chi connectivity index (χ1) is 5.41. The summed E-state index contributed by atoms with van der Waals surface area (Å²) in [6, 6.07) is 3.90. The molecule has 0 unspecified atom stereocenters. The Bertz CT molecular complexity index is 286. The zero-order valence-corrected chi connectivity index (χ0v) is 6.57. The molecule has 0 aliphatic carbocycles. The average molecular weight is 173 g/mol. The number of alkyl halides is 3. The van der Waals surface area contributed by atoms with Crippen molar-refractivity contribution in [1.29, 1.82) is 0 Å². The Hall–Kier alpha value is -0.990. The molecule has 1 aromatic rings. The van der Waals surface area contributed by atoms with Crippen LogP contribution < -0.4 is 0 Å². The van der Waals surface area contributed by atoms with E-state index in [1.165, 1.54) is 12.1 Å². The molecule has 0 saturated carbocycles. The van der Waals surface area contributed by atoms with E-state index < -0.39 is 11.7 Å². The van der Waals surface area contributed by atoms with Gasteiger partial charge in [0.15, 0.2) is 0 Å². The molecule has 1 rings (SSSR count). The minimum absolute atomic E-state index is 0.0301. The summed E-state index contributed by atoms with van der Waals surface area (Å²) >= 11 is 0. The largest absolute Gasteiger partial charge is 0.416 e. The van der Waals surface area contributed by atoms with Crippen molar-refractivity contribution < 1.29 is 13.2 Å². The highest BCUT2D eigenvalue weighted by Crippen LogP contribution is 2.31. The molecule has 65 valence electrons. The lowest BCUT2D eigenvalue weighted by Gasteiger charge is -2.09. The lowest BCUT2D eigenvalue weighted by molar-refractivity contribution is -0.137. The molecule has 3 heteroatoms. The molecule has 0 nitrogen and oxygen atoms in total. The minimum atomic E-state index is -4.29. The summed E-state index contributed by atoms with van der Waals surface area (Å²) < 4.78 is 36.4. The van der Waals surface area contributed by atoms with E-state index in [1.807, 2.05) is 0 Å². The van der Waals surface area contributed by atoms with E-state index in [-0.39, 0.29) is 5.56 Å². The van der Waals surface area contributed by atoms with Gasteiger partial charge in [-0.15, -0.1) is 0 Å². The van der Waals surface area contributed by atoms with Crippen molar-refractivity contribution in [2.45, 2.75) is 13.1 Å². The van der Waals surface area contributed by atoms with Gasteiger partial charge in [-0.3, -0.25) is 0 Å². The van der Waals surface area contributed by atoms with E-state index in [4.69, 9.17) is 0 Å². The topological polar surface area (TPSA) is 0 Å². The van der Waals surface area contributed by atoms with Gasteiger partial charge >= 0.3 is 6.18 Å². The molecular formula is C9H8F3. The number of rotatable bonds is 0. The van der Waals surface area contributed by atoms with Gasteiger partial charge in [-0.2, -0.15) is 13.2 Å². The third-order valence-electron chi connectivity index (χ3n) is 1.57. The van der Waals surface area contributed by atoms with Gasteiger partial charge in [0.05, 0.1) is 5.56 Å². The quantitative estimate of drug-likeness (QED) is 0.565. The average Bonchev–Trinajstić information content (AvgIpc) is 1.83. The molecule has 1 radical (unpaired) electrons. The van der Waals surface area contributed by atoms with Crippen LogP contribution in [0.2, 0.25) is 0 Å². The van der Waals surface area contributed by atoms with Gasteiger partial charge in [0, 0.05) is 0 Å². The molecule has 0 bridgehead atoms. The van der Waals surface area contributed by atoms with Crippen molar-refractivity contribution in [3.05, 3.63) is 41.8 Å². The molecule has 0 N–H and O–H groups in total. The predicted octanol–water partition coefficient (Wildman–Crippen LogP) is 3.20. The molecule has 0 saturated heterocycles. The Morgan fingerprint density at radius 1 is 1.25 bits per heavy atom. The zero-order valence-electron chi connectivity index (χ0n) is 6.57. The zero-order chi connectivity index (χ0) is 9.35. The maximum absolute atomic E-state index is 12.1. The smallest absolute Gasteiger partial charge is 0.166 e. The summed E-state index contributed by atoms with van der Waals surface area (Å²) in [6.45, 7) is 5.06. The number of halogens is 3. The number of hydrogen-bond donors (Lipinski definition) is 0. The molecule has 0 amide bonds. The molecule has 12 heavy (non-hydrogen) atoms. The fourth-order valence-electron chi connectivity index (χ4n) is 0.999. The summed E-state index contributed by atoms with van der Waals surface area (Å²) in [5.41, 5.74) is 0.156. The molecule has 0 atom stereocenters. The van der Waals surface area contributed by atoms with E-state index in [2.05, 4.69) is 6.92 Å². The lowest BCUT2D eigenvalue weighted by Crippen LogP contribution is -2.07. The third kappa shape index (κ3) is 1.78. The molecule has 0 aromatic heterocycles. The fraction of sp³-hybridized carbons (Fsp3) is 0.222. The molecule has 0 spiro atoms. The summed E-state index contributed by atoms with van der Waals surface area (Å²) in [4.78, 5) is 0. The van der Waals surface area contributed by atoms with Crippen LogP contribution in [-0.4, -0.2) is 0 Å². The van der Waals surface area contributed by atoms with Gasteiger partial charge in [-0.1, -0.05) is 17.7 Å². The Kier molecular flexibility index (Phi) is 2.13. The van der Waals surface area contributed by atoms with Crippen molar-refractivity contribution in [2.75, 3.05) is 0 Å². The first-order valence-electron chi connectivity index (χ1n) is 3.41. The van der Waals surface area contributed by atoms with Crippen LogP contribution in [0.3, 0.4) is 0 Å². The monoisotopic (exact) mass is 173 g/mol. The predicted molar refractivity (Wildman–Crippen MR) is 40.6 cm³/mol. The highest BCUT2D eigenvalue weighted by Gasteiger charge is 2.31. The van der Waals surface area contributed by atoms with E-state index in [1.54, 1.807) is 6.92 Å².